The van der Waals surface area contributed by atoms with Crippen molar-refractivity contribution in [3.8, 4) is 5.75 Å². The number of benzene rings is 2. The van der Waals surface area contributed by atoms with Crippen molar-refractivity contribution in [3.05, 3.63) is 71.0 Å². The van der Waals surface area contributed by atoms with E-state index in [1.165, 1.54) is 19.3 Å². The fourth-order valence-electron chi connectivity index (χ4n) is 11.7. The molecule has 284 valence electrons. The van der Waals surface area contributed by atoms with E-state index in [1.807, 2.05) is 48.5 Å². The highest BCUT2D eigenvalue weighted by Gasteiger charge is 2.59. The van der Waals surface area contributed by atoms with Crippen LogP contribution in [0.5, 0.6) is 5.75 Å². The van der Waals surface area contributed by atoms with Crippen molar-refractivity contribution in [2.24, 2.45) is 46.8 Å². The molecule has 2 heterocycles. The lowest BCUT2D eigenvalue weighted by Gasteiger charge is -2.59. The number of nitrogens with zero attached hydrogens (tertiary/aromatic N) is 4. The number of anilines is 1. The number of aliphatic hydroxyl groups is 2. The molecule has 0 unspecified atom stereocenters. The first-order valence-electron chi connectivity index (χ1n) is 19.7. The normalized spacial score (nSPS) is 35.4. The van der Waals surface area contributed by atoms with E-state index >= 15 is 0 Å². The summed E-state index contributed by atoms with van der Waals surface area (Å²) in [6.07, 6.45) is 10.7. The number of rotatable bonds is 10. The summed E-state index contributed by atoms with van der Waals surface area (Å²) in [6, 6.07) is 13.8. The summed E-state index contributed by atoms with van der Waals surface area (Å²) in [5.74, 6) is 3.67. The third-order valence-corrected chi connectivity index (χ3v) is 14.7. The van der Waals surface area contributed by atoms with Crippen LogP contribution in [0.3, 0.4) is 0 Å². The monoisotopic (exact) mass is 744 g/mol. The molecule has 3 aromatic rings. The molecule has 4 saturated carbocycles. The number of esters is 1. The largest absolute Gasteiger partial charge is 0.497 e. The number of aromatic nitrogens is 3. The first-order valence-corrected chi connectivity index (χ1v) is 20.1. The molecule has 5 fully saturated rings. The number of methoxy groups -OCH3 is 1. The highest BCUT2D eigenvalue weighted by Crippen LogP contribution is 2.64. The Morgan fingerprint density at radius 3 is 2.51 bits per heavy atom. The van der Waals surface area contributed by atoms with E-state index in [0.717, 1.165) is 49.8 Å². The molecule has 11 heteroatoms. The number of hydrogen-bond acceptors (Lipinski definition) is 8. The molecule has 1 amide bonds. The molecule has 0 radical (unpaired) electrons. The zero-order valence-corrected chi connectivity index (χ0v) is 31.8. The molecule has 4 aliphatic carbocycles. The molecule has 1 aromatic heterocycles. The Bertz CT molecular complexity index is 1780. The minimum absolute atomic E-state index is 0.0192. The summed E-state index contributed by atoms with van der Waals surface area (Å²) in [5.41, 5.74) is 2.36. The molecule has 1 aliphatic heterocycles. The summed E-state index contributed by atoms with van der Waals surface area (Å²) in [7, 11) is 1.60. The minimum Gasteiger partial charge on any atom is -0.497 e. The van der Waals surface area contributed by atoms with Gasteiger partial charge in [0.25, 0.3) is 5.91 Å². The smallest absolute Gasteiger partial charge is 0.306 e. The number of hydrogen-bond donors (Lipinski definition) is 2. The van der Waals surface area contributed by atoms with E-state index in [-0.39, 0.29) is 42.1 Å². The second kappa shape index (κ2) is 14.6. The van der Waals surface area contributed by atoms with E-state index in [4.69, 9.17) is 21.1 Å². The van der Waals surface area contributed by atoms with Gasteiger partial charge in [0.1, 0.15) is 18.1 Å². The maximum Gasteiger partial charge on any atom is 0.306 e. The molecule has 2 N–H and O–H groups in total. The molecule has 8 rings (SSSR count). The standard InChI is InChI=1S/C42H53ClN4O6/c1-24(32-15-16-34-33-14-7-26-20-30(48)18-19-42(26,2)35(33)21-36(49)38(32)34)4-17-37(50)53-23-28-22-46(45-44-28)40-39(25-5-8-27(43)9-6-25)47(41(40)51)29-10-12-31(52-3)13-11-29/h5-6,8-13,22,24,26,30,32-36,38-40,48-49H,4,7,14-21,23H2,1-3H3/t24-,26-,30-,32-,33+,34+,35+,36+,38-,39+,40-,42+/m1/s1. The van der Waals surface area contributed by atoms with Gasteiger partial charge in [0.2, 0.25) is 0 Å². The van der Waals surface area contributed by atoms with Gasteiger partial charge < -0.3 is 24.6 Å². The van der Waals surface area contributed by atoms with Crippen molar-refractivity contribution in [1.29, 1.82) is 0 Å². The molecule has 0 bridgehead atoms. The Morgan fingerprint density at radius 2 is 1.75 bits per heavy atom. The van der Waals surface area contributed by atoms with Crippen LogP contribution < -0.4 is 9.64 Å². The van der Waals surface area contributed by atoms with Gasteiger partial charge in [0.05, 0.1) is 31.6 Å². The number of β-lactam (4-membered cyclic amide) rings is 1. The van der Waals surface area contributed by atoms with Crippen molar-refractivity contribution in [3.63, 3.8) is 0 Å². The van der Waals surface area contributed by atoms with Crippen molar-refractivity contribution in [2.75, 3.05) is 12.0 Å². The van der Waals surface area contributed by atoms with Gasteiger partial charge in [-0.1, -0.05) is 42.8 Å². The van der Waals surface area contributed by atoms with Gasteiger partial charge in [-0.3, -0.25) is 9.59 Å². The van der Waals surface area contributed by atoms with Crippen LogP contribution in [0, 0.1) is 46.8 Å². The van der Waals surface area contributed by atoms with Gasteiger partial charge in [-0.15, -0.1) is 5.10 Å². The average Bonchev–Trinajstić information content (AvgIpc) is 3.82. The number of carbonyl (C=O) groups excluding carboxylic acids is 2. The molecule has 2 aromatic carbocycles. The second-order valence-corrected chi connectivity index (χ2v) is 17.4. The molecule has 0 spiro atoms. The van der Waals surface area contributed by atoms with Crippen LogP contribution >= 0.6 is 11.6 Å². The molecule has 5 aliphatic rings. The Labute approximate surface area is 317 Å². The predicted molar refractivity (Wildman–Crippen MR) is 200 cm³/mol. The Hall–Kier alpha value is -3.47. The molecular weight excluding hydrogens is 692 g/mol. The fraction of sp³-hybridized carbons (Fsp3) is 0.619. The first-order chi connectivity index (χ1) is 25.5. The maximum atomic E-state index is 13.6. The van der Waals surface area contributed by atoms with Gasteiger partial charge in [-0.05, 0) is 147 Å². The van der Waals surface area contributed by atoms with E-state index in [9.17, 15) is 19.8 Å². The van der Waals surface area contributed by atoms with Crippen LogP contribution in [-0.2, 0) is 20.9 Å². The molecule has 12 atom stereocenters. The number of aliphatic hydroxyl groups excluding tert-OH is 2. The van der Waals surface area contributed by atoms with E-state index < -0.39 is 6.04 Å². The van der Waals surface area contributed by atoms with Gasteiger partial charge in [0.15, 0.2) is 6.04 Å². The minimum atomic E-state index is -0.620. The summed E-state index contributed by atoms with van der Waals surface area (Å²) >= 11 is 6.18. The molecule has 1 saturated heterocycles. The highest BCUT2D eigenvalue weighted by molar-refractivity contribution is 6.30. The second-order valence-electron chi connectivity index (χ2n) is 17.0. The summed E-state index contributed by atoms with van der Waals surface area (Å²) in [4.78, 5) is 28.4. The third-order valence-electron chi connectivity index (χ3n) is 14.4. The number of carbonyl (C=O) groups is 2. The van der Waals surface area contributed by atoms with Crippen molar-refractivity contribution >= 4 is 29.2 Å². The SMILES string of the molecule is COc1ccc(N2C(=O)[C@H](n3cc(COC(=O)CC[C@@H](C)[C@H]4CC[C@H]5[C@@H]6CC[C@@H]7C[C@H](O)CC[C@]7(C)[C@H]6C[C@H](O)[C@@H]54)nn3)[C@@H]2c2ccc(Cl)cc2)cc1. The Kier molecular flexibility index (Phi) is 10.1. The number of halogens is 1. The molecular formula is C42H53ClN4O6. The summed E-state index contributed by atoms with van der Waals surface area (Å²) in [6.45, 7) is 4.68. The average molecular weight is 745 g/mol. The highest BCUT2D eigenvalue weighted by atomic mass is 35.5. The Balaban J connectivity index is 0.862. The van der Waals surface area contributed by atoms with Gasteiger partial charge in [0, 0.05) is 17.1 Å². The summed E-state index contributed by atoms with van der Waals surface area (Å²) < 4.78 is 12.5. The zero-order chi connectivity index (χ0) is 37.0. The number of ether oxygens (including phenoxy) is 2. The fourth-order valence-corrected chi connectivity index (χ4v) is 11.8. The quantitative estimate of drug-likeness (QED) is 0.163. The lowest BCUT2D eigenvalue weighted by atomic mass is 9.46. The van der Waals surface area contributed by atoms with Gasteiger partial charge in [-0.2, -0.15) is 0 Å². The van der Waals surface area contributed by atoms with Crippen molar-refractivity contribution < 1.29 is 29.3 Å². The topological polar surface area (TPSA) is 127 Å². The maximum absolute atomic E-state index is 13.6. The Morgan fingerprint density at radius 1 is 1.00 bits per heavy atom. The van der Waals surface area contributed by atoms with E-state index in [1.54, 1.807) is 22.9 Å². The first kappa shape index (κ1) is 36.5. The molecule has 10 nitrogen and oxygen atoms in total. The van der Waals surface area contributed by atoms with Crippen molar-refractivity contribution in [1.82, 2.24) is 15.0 Å². The van der Waals surface area contributed by atoms with Gasteiger partial charge in [-0.25, -0.2) is 4.68 Å². The number of fused-ring (bicyclic) bond motifs is 5. The zero-order valence-electron chi connectivity index (χ0n) is 31.0. The van der Waals surface area contributed by atoms with E-state index in [2.05, 4.69) is 24.2 Å². The van der Waals surface area contributed by atoms with Crippen LogP contribution in [0.25, 0.3) is 0 Å². The van der Waals surface area contributed by atoms with Crippen LogP contribution in [0.1, 0.15) is 101 Å². The lowest BCUT2D eigenvalue weighted by molar-refractivity contribution is -0.146. The summed E-state index contributed by atoms with van der Waals surface area (Å²) in [5, 5.41) is 31.2. The van der Waals surface area contributed by atoms with Crippen LogP contribution in [-0.4, -0.2) is 56.4 Å². The predicted octanol–water partition coefficient (Wildman–Crippen LogP) is 7.33. The molecule has 53 heavy (non-hydrogen) atoms. The number of amides is 1. The van der Waals surface area contributed by atoms with E-state index in [0.29, 0.717) is 64.3 Å². The third kappa shape index (κ3) is 6.67. The van der Waals surface area contributed by atoms with Crippen LogP contribution in [0.4, 0.5) is 5.69 Å². The lowest BCUT2D eigenvalue weighted by Crippen LogP contribution is -2.56. The van der Waals surface area contributed by atoms with Crippen molar-refractivity contribution in [2.45, 2.75) is 109 Å². The van der Waals surface area contributed by atoms with Crippen LogP contribution in [0.15, 0.2) is 54.7 Å². The van der Waals surface area contributed by atoms with Gasteiger partial charge >= 0.3 is 5.97 Å². The van der Waals surface area contributed by atoms with Crippen LogP contribution in [0.2, 0.25) is 5.02 Å².